The van der Waals surface area contributed by atoms with Crippen LogP contribution in [-0.2, 0) is 6.42 Å². The molecule has 0 aliphatic carbocycles. The number of oxazole rings is 1. The van der Waals surface area contributed by atoms with Crippen molar-refractivity contribution >= 4 is 27.0 Å². The van der Waals surface area contributed by atoms with Gasteiger partial charge in [0.25, 0.3) is 0 Å². The van der Waals surface area contributed by atoms with Crippen LogP contribution in [0.1, 0.15) is 5.56 Å². The van der Waals surface area contributed by atoms with Crippen molar-refractivity contribution in [2.75, 3.05) is 0 Å². The van der Waals surface area contributed by atoms with Gasteiger partial charge in [0.15, 0.2) is 5.58 Å². The second kappa shape index (κ2) is 5.02. The molecule has 3 heteroatoms. The van der Waals surface area contributed by atoms with Crippen LogP contribution in [0, 0.1) is 0 Å². The molecule has 94 valence electrons. The summed E-state index contributed by atoms with van der Waals surface area (Å²) in [7, 11) is 0. The van der Waals surface area contributed by atoms with Crippen LogP contribution in [0.2, 0.25) is 0 Å². The number of aromatic nitrogens is 1. The minimum Gasteiger partial charge on any atom is -0.436 e. The second-order valence-corrected chi connectivity index (χ2v) is 5.20. The van der Waals surface area contributed by atoms with Gasteiger partial charge in [0.1, 0.15) is 5.52 Å². The minimum atomic E-state index is 0.658. The molecular weight excluding hydrogens is 302 g/mol. The molecule has 0 saturated heterocycles. The van der Waals surface area contributed by atoms with E-state index >= 15 is 0 Å². The standard InChI is InChI=1S/C16H12BrNO/c1-2-5-11-10-12(17)8-9-13(11)16-18-14-6-3-4-7-15(14)19-16/h2-4,6-10H,1,5H2. The van der Waals surface area contributed by atoms with Crippen molar-refractivity contribution in [3.63, 3.8) is 0 Å². The topological polar surface area (TPSA) is 26.0 Å². The van der Waals surface area contributed by atoms with Crippen molar-refractivity contribution < 1.29 is 4.42 Å². The first-order valence-corrected chi connectivity index (χ1v) is 6.82. The van der Waals surface area contributed by atoms with Crippen LogP contribution in [-0.4, -0.2) is 4.98 Å². The van der Waals surface area contributed by atoms with Crippen LogP contribution in [0.4, 0.5) is 0 Å². The summed E-state index contributed by atoms with van der Waals surface area (Å²) in [6.07, 6.45) is 2.67. The number of halogens is 1. The number of hydrogen-bond acceptors (Lipinski definition) is 2. The average molecular weight is 314 g/mol. The van der Waals surface area contributed by atoms with Crippen molar-refractivity contribution in [1.29, 1.82) is 0 Å². The molecule has 1 aromatic heterocycles. The number of para-hydroxylation sites is 2. The van der Waals surface area contributed by atoms with Gasteiger partial charge in [-0.3, -0.25) is 0 Å². The normalized spacial score (nSPS) is 10.8. The first-order chi connectivity index (χ1) is 9.28. The SMILES string of the molecule is C=CCc1cc(Br)ccc1-c1nc2ccccc2o1. The van der Waals surface area contributed by atoms with Crippen LogP contribution in [0.25, 0.3) is 22.6 Å². The third-order valence-corrected chi connectivity index (χ3v) is 3.45. The summed E-state index contributed by atoms with van der Waals surface area (Å²) in [5.74, 6) is 0.658. The summed E-state index contributed by atoms with van der Waals surface area (Å²) in [4.78, 5) is 4.54. The van der Waals surface area contributed by atoms with Gasteiger partial charge in [-0.2, -0.15) is 0 Å². The maximum atomic E-state index is 5.82. The highest BCUT2D eigenvalue weighted by Gasteiger charge is 2.11. The Hall–Kier alpha value is -1.87. The van der Waals surface area contributed by atoms with Crippen LogP contribution < -0.4 is 0 Å². The lowest BCUT2D eigenvalue weighted by Gasteiger charge is -2.04. The molecular formula is C16H12BrNO. The van der Waals surface area contributed by atoms with Crippen LogP contribution in [0.5, 0.6) is 0 Å². The summed E-state index contributed by atoms with van der Waals surface area (Å²) in [5, 5.41) is 0. The molecule has 0 unspecified atom stereocenters. The van der Waals surface area contributed by atoms with Crippen LogP contribution in [0.3, 0.4) is 0 Å². The van der Waals surface area contributed by atoms with Gasteiger partial charge in [-0.05, 0) is 42.3 Å². The van der Waals surface area contributed by atoms with Crippen molar-refractivity contribution in [2.24, 2.45) is 0 Å². The summed E-state index contributed by atoms with van der Waals surface area (Å²) in [6, 6.07) is 13.9. The van der Waals surface area contributed by atoms with Crippen LogP contribution >= 0.6 is 15.9 Å². The minimum absolute atomic E-state index is 0.658. The quantitative estimate of drug-likeness (QED) is 0.637. The molecule has 0 amide bonds. The van der Waals surface area contributed by atoms with Crippen molar-refractivity contribution in [1.82, 2.24) is 4.98 Å². The van der Waals surface area contributed by atoms with E-state index in [0.717, 1.165) is 33.1 Å². The Labute approximate surface area is 119 Å². The fraction of sp³-hybridized carbons (Fsp3) is 0.0625. The van der Waals surface area contributed by atoms with E-state index in [0.29, 0.717) is 5.89 Å². The summed E-state index contributed by atoms with van der Waals surface area (Å²) >= 11 is 3.49. The number of hydrogen-bond donors (Lipinski definition) is 0. The van der Waals surface area contributed by atoms with E-state index in [4.69, 9.17) is 4.42 Å². The Bertz CT molecular complexity index is 712. The number of benzene rings is 2. The van der Waals surface area contributed by atoms with Gasteiger partial charge in [0, 0.05) is 10.0 Å². The maximum Gasteiger partial charge on any atom is 0.227 e. The molecule has 0 N–H and O–H groups in total. The molecule has 3 rings (SSSR count). The summed E-state index contributed by atoms with van der Waals surface area (Å²) < 4.78 is 6.87. The Morgan fingerprint density at radius 1 is 1.21 bits per heavy atom. The fourth-order valence-electron chi connectivity index (χ4n) is 2.08. The zero-order valence-corrected chi connectivity index (χ0v) is 11.9. The highest BCUT2D eigenvalue weighted by atomic mass is 79.9. The molecule has 2 nitrogen and oxygen atoms in total. The van der Waals surface area contributed by atoms with Gasteiger partial charge in [-0.1, -0.05) is 34.1 Å². The summed E-state index contributed by atoms with van der Waals surface area (Å²) in [6.45, 7) is 3.80. The predicted octanol–water partition coefficient (Wildman–Crippen LogP) is 4.99. The van der Waals surface area contributed by atoms with Gasteiger partial charge >= 0.3 is 0 Å². The third kappa shape index (κ3) is 2.34. The molecule has 0 bridgehead atoms. The lowest BCUT2D eigenvalue weighted by Crippen LogP contribution is -1.88. The fourth-order valence-corrected chi connectivity index (χ4v) is 2.49. The lowest BCUT2D eigenvalue weighted by molar-refractivity contribution is 0.619. The molecule has 0 saturated carbocycles. The molecule has 0 radical (unpaired) electrons. The molecule has 0 aliphatic heterocycles. The van der Waals surface area contributed by atoms with Crippen molar-refractivity contribution in [3.05, 3.63) is 65.2 Å². The van der Waals surface area contributed by atoms with E-state index in [1.165, 1.54) is 0 Å². The molecule has 0 spiro atoms. The third-order valence-electron chi connectivity index (χ3n) is 2.96. The number of allylic oxidation sites excluding steroid dienone is 1. The van der Waals surface area contributed by atoms with Gasteiger partial charge in [0.05, 0.1) is 0 Å². The maximum absolute atomic E-state index is 5.82. The molecule has 3 aromatic rings. The highest BCUT2D eigenvalue weighted by Crippen LogP contribution is 2.29. The molecule has 0 atom stereocenters. The monoisotopic (exact) mass is 313 g/mol. The zero-order chi connectivity index (χ0) is 13.2. The Kier molecular flexibility index (Phi) is 3.22. The highest BCUT2D eigenvalue weighted by molar-refractivity contribution is 9.10. The smallest absolute Gasteiger partial charge is 0.227 e. The van der Waals surface area contributed by atoms with Crippen molar-refractivity contribution in [3.8, 4) is 11.5 Å². The molecule has 1 heterocycles. The number of fused-ring (bicyclic) bond motifs is 1. The van der Waals surface area contributed by atoms with Crippen molar-refractivity contribution in [2.45, 2.75) is 6.42 Å². The zero-order valence-electron chi connectivity index (χ0n) is 10.3. The summed E-state index contributed by atoms with van der Waals surface area (Å²) in [5.41, 5.74) is 3.85. The van der Waals surface area contributed by atoms with Gasteiger partial charge in [-0.15, -0.1) is 6.58 Å². The number of rotatable bonds is 3. The second-order valence-electron chi connectivity index (χ2n) is 4.28. The van der Waals surface area contributed by atoms with E-state index in [2.05, 4.69) is 33.6 Å². The van der Waals surface area contributed by atoms with Gasteiger partial charge in [-0.25, -0.2) is 4.98 Å². The van der Waals surface area contributed by atoms with E-state index in [1.54, 1.807) is 0 Å². The number of nitrogens with zero attached hydrogens (tertiary/aromatic N) is 1. The Morgan fingerprint density at radius 2 is 2.05 bits per heavy atom. The van der Waals surface area contributed by atoms with Crippen LogP contribution in [0.15, 0.2) is 64.0 Å². The first kappa shape index (κ1) is 12.2. The molecule has 0 aliphatic rings. The molecule has 2 aromatic carbocycles. The molecule has 19 heavy (non-hydrogen) atoms. The van der Waals surface area contributed by atoms with Gasteiger partial charge in [0.2, 0.25) is 5.89 Å². The van der Waals surface area contributed by atoms with E-state index in [1.807, 2.05) is 42.5 Å². The average Bonchev–Trinajstić information content (AvgIpc) is 2.82. The van der Waals surface area contributed by atoms with E-state index in [9.17, 15) is 0 Å². The van der Waals surface area contributed by atoms with E-state index in [-0.39, 0.29) is 0 Å². The van der Waals surface area contributed by atoms with Gasteiger partial charge < -0.3 is 4.42 Å². The van der Waals surface area contributed by atoms with E-state index < -0.39 is 0 Å². The first-order valence-electron chi connectivity index (χ1n) is 6.03. The largest absolute Gasteiger partial charge is 0.436 e. The Balaban J connectivity index is 2.17. The molecule has 0 fully saturated rings. The Morgan fingerprint density at radius 3 is 2.84 bits per heavy atom. The predicted molar refractivity (Wildman–Crippen MR) is 81.0 cm³/mol. The lowest BCUT2D eigenvalue weighted by atomic mass is 10.0.